The molecule has 0 bridgehead atoms. The molecule has 0 aliphatic rings. The van der Waals surface area contributed by atoms with Crippen LogP contribution in [0.1, 0.15) is 17.2 Å². The number of aliphatic hydroxyl groups is 1. The number of carbonyl (C=O) groups is 1. The van der Waals surface area contributed by atoms with Gasteiger partial charge in [0, 0.05) is 6.54 Å². The number of amides is 1. The number of ether oxygens (including phenoxy) is 1. The summed E-state index contributed by atoms with van der Waals surface area (Å²) in [5.41, 5.74) is 1.20. The fourth-order valence-electron chi connectivity index (χ4n) is 2.10. The van der Waals surface area contributed by atoms with Crippen LogP contribution < -0.4 is 10.1 Å². The van der Waals surface area contributed by atoms with Crippen LogP contribution in [0.2, 0.25) is 0 Å². The Morgan fingerprint density at radius 2 is 1.96 bits per heavy atom. The lowest BCUT2D eigenvalue weighted by atomic mass is 10.1. The first-order chi connectivity index (χ1) is 11.0. The van der Waals surface area contributed by atoms with E-state index in [2.05, 4.69) is 5.32 Å². The van der Waals surface area contributed by atoms with Gasteiger partial charge in [0.15, 0.2) is 17.6 Å². The van der Waals surface area contributed by atoms with Crippen LogP contribution >= 0.6 is 0 Å². The summed E-state index contributed by atoms with van der Waals surface area (Å²) in [5.74, 6) is -0.572. The van der Waals surface area contributed by atoms with Crippen molar-refractivity contribution in [3.05, 3.63) is 59.4 Å². The summed E-state index contributed by atoms with van der Waals surface area (Å²) in [4.78, 5) is 11.9. The first kappa shape index (κ1) is 16.8. The summed E-state index contributed by atoms with van der Waals surface area (Å²) in [6, 6.07) is 10.0. The highest BCUT2D eigenvalue weighted by Gasteiger charge is 2.16. The molecule has 0 aliphatic carbocycles. The Bertz CT molecular complexity index is 673. The van der Waals surface area contributed by atoms with Gasteiger partial charge in [0.25, 0.3) is 5.91 Å². The molecule has 0 unspecified atom stereocenters. The number of aliphatic hydroxyl groups excluding tert-OH is 1. The molecule has 0 aliphatic heterocycles. The zero-order valence-electron chi connectivity index (χ0n) is 12.6. The molecule has 2 aromatic carbocycles. The first-order valence-corrected chi connectivity index (χ1v) is 7.08. The Morgan fingerprint density at radius 3 is 2.61 bits per heavy atom. The molecule has 1 amide bonds. The van der Waals surface area contributed by atoms with Crippen LogP contribution in [0.25, 0.3) is 0 Å². The zero-order chi connectivity index (χ0) is 16.8. The Labute approximate surface area is 133 Å². The van der Waals surface area contributed by atoms with E-state index in [0.717, 1.165) is 5.56 Å². The van der Waals surface area contributed by atoms with Gasteiger partial charge in [-0.05, 0) is 41.8 Å². The molecular formula is C17H18FNO4. The van der Waals surface area contributed by atoms with Gasteiger partial charge < -0.3 is 20.3 Å². The van der Waals surface area contributed by atoms with E-state index in [0.29, 0.717) is 24.3 Å². The van der Waals surface area contributed by atoms with Crippen molar-refractivity contribution in [1.29, 1.82) is 0 Å². The van der Waals surface area contributed by atoms with E-state index in [1.54, 1.807) is 12.1 Å². The lowest BCUT2D eigenvalue weighted by Gasteiger charge is -2.12. The molecule has 0 saturated carbocycles. The number of nitrogens with one attached hydrogen (secondary N) is 1. The molecule has 3 N–H and O–H groups in total. The van der Waals surface area contributed by atoms with Crippen LogP contribution in [0.15, 0.2) is 42.5 Å². The second-order valence-electron chi connectivity index (χ2n) is 5.00. The van der Waals surface area contributed by atoms with Gasteiger partial charge in [-0.25, -0.2) is 4.39 Å². The highest BCUT2D eigenvalue weighted by molar-refractivity contribution is 5.81. The van der Waals surface area contributed by atoms with E-state index >= 15 is 0 Å². The number of benzene rings is 2. The number of hydrogen-bond donors (Lipinski definition) is 3. The molecule has 2 aromatic rings. The van der Waals surface area contributed by atoms with E-state index in [1.165, 1.54) is 37.4 Å². The van der Waals surface area contributed by atoms with Crippen molar-refractivity contribution in [3.8, 4) is 11.5 Å². The van der Waals surface area contributed by atoms with Crippen LogP contribution in [0.4, 0.5) is 4.39 Å². The molecule has 0 heterocycles. The van der Waals surface area contributed by atoms with Gasteiger partial charge in [-0.15, -0.1) is 0 Å². The van der Waals surface area contributed by atoms with Crippen molar-refractivity contribution in [2.75, 3.05) is 13.7 Å². The highest BCUT2D eigenvalue weighted by atomic mass is 19.1. The molecule has 6 heteroatoms. The van der Waals surface area contributed by atoms with Crippen LogP contribution in [0.3, 0.4) is 0 Å². The van der Waals surface area contributed by atoms with Crippen molar-refractivity contribution in [1.82, 2.24) is 5.32 Å². The largest absolute Gasteiger partial charge is 0.504 e. The normalized spacial score (nSPS) is 11.8. The van der Waals surface area contributed by atoms with E-state index < -0.39 is 17.8 Å². The van der Waals surface area contributed by atoms with Gasteiger partial charge in [-0.1, -0.05) is 18.2 Å². The maximum Gasteiger partial charge on any atom is 0.253 e. The maximum atomic E-state index is 12.8. The van der Waals surface area contributed by atoms with Crippen molar-refractivity contribution in [2.45, 2.75) is 12.5 Å². The molecule has 0 fully saturated rings. The van der Waals surface area contributed by atoms with E-state index in [1.807, 2.05) is 0 Å². The molecule has 0 saturated heterocycles. The molecule has 0 radical (unpaired) electrons. The average Bonchev–Trinajstić information content (AvgIpc) is 2.56. The smallest absolute Gasteiger partial charge is 0.253 e. The quantitative estimate of drug-likeness (QED) is 0.760. The van der Waals surface area contributed by atoms with Gasteiger partial charge in [-0.2, -0.15) is 0 Å². The number of hydrogen-bond acceptors (Lipinski definition) is 4. The predicted octanol–water partition coefficient (Wildman–Crippen LogP) is 1.93. The maximum absolute atomic E-state index is 12.8. The monoisotopic (exact) mass is 319 g/mol. The van der Waals surface area contributed by atoms with Crippen molar-refractivity contribution in [3.63, 3.8) is 0 Å². The third kappa shape index (κ3) is 4.43. The third-order valence-corrected chi connectivity index (χ3v) is 3.39. The molecular weight excluding hydrogens is 301 g/mol. The number of rotatable bonds is 6. The van der Waals surface area contributed by atoms with E-state index in [4.69, 9.17) is 4.74 Å². The summed E-state index contributed by atoms with van der Waals surface area (Å²) in [6.45, 7) is 0.311. The summed E-state index contributed by atoms with van der Waals surface area (Å²) in [5, 5.41) is 22.0. The minimum atomic E-state index is -1.34. The van der Waals surface area contributed by atoms with E-state index in [-0.39, 0.29) is 5.75 Å². The number of phenolic OH excluding ortho intramolecular Hbond substituents is 1. The Kier molecular flexibility index (Phi) is 5.54. The molecule has 0 aromatic heterocycles. The second kappa shape index (κ2) is 7.60. The fraction of sp³-hybridized carbons (Fsp3) is 0.235. The molecule has 122 valence electrons. The van der Waals surface area contributed by atoms with Crippen LogP contribution in [-0.4, -0.2) is 29.8 Å². The van der Waals surface area contributed by atoms with Crippen molar-refractivity contribution in [2.24, 2.45) is 0 Å². The lowest BCUT2D eigenvalue weighted by Crippen LogP contribution is -2.30. The molecule has 23 heavy (non-hydrogen) atoms. The Balaban J connectivity index is 1.88. The number of phenols is 1. The Morgan fingerprint density at radius 1 is 1.26 bits per heavy atom. The molecule has 5 nitrogen and oxygen atoms in total. The van der Waals surface area contributed by atoms with E-state index in [9.17, 15) is 19.4 Å². The van der Waals surface area contributed by atoms with Gasteiger partial charge in [-0.3, -0.25) is 4.79 Å². The minimum absolute atomic E-state index is 0.0482. The summed E-state index contributed by atoms with van der Waals surface area (Å²) in [6.07, 6.45) is -0.830. The number of carbonyl (C=O) groups excluding carboxylic acids is 1. The number of halogens is 1. The van der Waals surface area contributed by atoms with Gasteiger partial charge in [0.1, 0.15) is 5.82 Å². The second-order valence-corrected chi connectivity index (χ2v) is 5.00. The lowest BCUT2D eigenvalue weighted by molar-refractivity contribution is -0.129. The highest BCUT2D eigenvalue weighted by Crippen LogP contribution is 2.26. The van der Waals surface area contributed by atoms with Crippen LogP contribution in [0.5, 0.6) is 11.5 Å². The minimum Gasteiger partial charge on any atom is -0.504 e. The Hall–Kier alpha value is -2.60. The third-order valence-electron chi connectivity index (χ3n) is 3.39. The molecule has 2 rings (SSSR count). The summed E-state index contributed by atoms with van der Waals surface area (Å²) < 4.78 is 17.8. The topological polar surface area (TPSA) is 78.8 Å². The predicted molar refractivity (Wildman–Crippen MR) is 82.7 cm³/mol. The van der Waals surface area contributed by atoms with Gasteiger partial charge in [0.2, 0.25) is 0 Å². The van der Waals surface area contributed by atoms with Crippen molar-refractivity contribution >= 4 is 5.91 Å². The van der Waals surface area contributed by atoms with Crippen molar-refractivity contribution < 1.29 is 24.1 Å². The number of methoxy groups -OCH3 is 1. The molecule has 1 atom stereocenters. The fourth-order valence-corrected chi connectivity index (χ4v) is 2.10. The molecule has 0 spiro atoms. The van der Waals surface area contributed by atoms with Crippen LogP contribution in [0, 0.1) is 5.82 Å². The first-order valence-electron chi connectivity index (χ1n) is 7.08. The standard InChI is InChI=1S/C17H18FNO4/c1-23-15-10-11(2-7-14(15)20)8-9-19-17(22)16(21)12-3-5-13(18)6-4-12/h2-7,10,16,20-21H,8-9H2,1H3,(H,19,22)/t16-/m0/s1. The SMILES string of the molecule is COc1cc(CCNC(=O)[C@@H](O)c2ccc(F)cc2)ccc1O. The average molecular weight is 319 g/mol. The van der Waals surface area contributed by atoms with Gasteiger partial charge >= 0.3 is 0 Å². The summed E-state index contributed by atoms with van der Waals surface area (Å²) in [7, 11) is 1.46. The number of aromatic hydroxyl groups is 1. The summed E-state index contributed by atoms with van der Waals surface area (Å²) >= 11 is 0. The zero-order valence-corrected chi connectivity index (χ0v) is 12.6. The van der Waals surface area contributed by atoms with Crippen LogP contribution in [-0.2, 0) is 11.2 Å². The van der Waals surface area contributed by atoms with Gasteiger partial charge in [0.05, 0.1) is 7.11 Å².